The van der Waals surface area contributed by atoms with E-state index in [9.17, 15) is 0 Å². The summed E-state index contributed by atoms with van der Waals surface area (Å²) >= 11 is 0. The molecule has 0 atom stereocenters. The van der Waals surface area contributed by atoms with Crippen molar-refractivity contribution in [2.45, 2.75) is 31.6 Å². The van der Waals surface area contributed by atoms with Crippen LogP contribution in [0.2, 0.25) is 0 Å². The quantitative estimate of drug-likeness (QED) is 0.596. The average molecular weight is 262 g/mol. The van der Waals surface area contributed by atoms with Gasteiger partial charge in [-0.1, -0.05) is 30.4 Å². The van der Waals surface area contributed by atoms with Crippen molar-refractivity contribution in [1.29, 1.82) is 10.5 Å². The van der Waals surface area contributed by atoms with Crippen molar-refractivity contribution in [2.75, 3.05) is 0 Å². The zero-order valence-corrected chi connectivity index (χ0v) is 11.5. The molecule has 1 fully saturated rings. The summed E-state index contributed by atoms with van der Waals surface area (Å²) in [4.78, 5) is 0. The fraction of sp³-hybridized carbons (Fsp3) is 0.333. The van der Waals surface area contributed by atoms with E-state index in [1.165, 1.54) is 37.3 Å². The van der Waals surface area contributed by atoms with Crippen LogP contribution >= 0.6 is 0 Å². The third-order valence-electron chi connectivity index (χ3n) is 3.95. The first-order chi connectivity index (χ1) is 9.83. The zero-order valence-electron chi connectivity index (χ0n) is 11.5. The molecule has 1 aliphatic rings. The molecule has 2 heteroatoms. The lowest BCUT2D eigenvalue weighted by Crippen LogP contribution is -2.11. The zero-order chi connectivity index (χ0) is 14.2. The maximum Gasteiger partial charge on any atom is 0.0991 e. The fourth-order valence-electron chi connectivity index (χ4n) is 2.79. The molecule has 100 valence electrons. The van der Waals surface area contributed by atoms with Crippen LogP contribution in [0.4, 0.5) is 0 Å². The Kier molecular flexibility index (Phi) is 5.15. The highest BCUT2D eigenvalue weighted by molar-refractivity contribution is 5.33. The molecule has 1 saturated carbocycles. The van der Waals surface area contributed by atoms with Gasteiger partial charge in [-0.15, -0.1) is 0 Å². The average Bonchev–Trinajstić information content (AvgIpc) is 2.52. The number of nitriles is 2. The number of hydrogen-bond donors (Lipinski definition) is 0. The molecule has 0 spiro atoms. The van der Waals surface area contributed by atoms with E-state index in [2.05, 4.69) is 24.3 Å². The van der Waals surface area contributed by atoms with Crippen LogP contribution < -0.4 is 0 Å². The molecular formula is C18H18N2. The van der Waals surface area contributed by atoms with E-state index in [0.717, 1.165) is 5.56 Å². The summed E-state index contributed by atoms with van der Waals surface area (Å²) in [6.07, 6.45) is 12.3. The van der Waals surface area contributed by atoms with E-state index in [0.29, 0.717) is 11.8 Å². The van der Waals surface area contributed by atoms with Crippen LogP contribution in [0.5, 0.6) is 0 Å². The van der Waals surface area contributed by atoms with Crippen molar-refractivity contribution < 1.29 is 0 Å². The Balaban J connectivity index is 1.88. The summed E-state index contributed by atoms with van der Waals surface area (Å²) < 4.78 is 0. The summed E-state index contributed by atoms with van der Waals surface area (Å²) in [6, 6.07) is 12.2. The van der Waals surface area contributed by atoms with Crippen molar-refractivity contribution in [3.8, 4) is 12.1 Å². The monoisotopic (exact) mass is 262 g/mol. The highest BCUT2D eigenvalue weighted by Gasteiger charge is 2.20. The second kappa shape index (κ2) is 7.31. The normalized spacial score (nSPS) is 22.7. The lowest BCUT2D eigenvalue weighted by molar-refractivity contribution is 0.376. The minimum Gasteiger partial charge on any atom is -0.193 e. The van der Waals surface area contributed by atoms with Gasteiger partial charge in [0.1, 0.15) is 0 Å². The molecule has 2 nitrogen and oxygen atoms in total. The van der Waals surface area contributed by atoms with Crippen molar-refractivity contribution in [2.24, 2.45) is 5.92 Å². The molecule has 0 bridgehead atoms. The molecule has 2 rings (SSSR count). The van der Waals surface area contributed by atoms with E-state index < -0.39 is 0 Å². The fourth-order valence-corrected chi connectivity index (χ4v) is 2.79. The standard InChI is InChI=1S/C18H18N2/c19-13-3-1-2-4-15-5-9-17(10-6-15)18-11-7-16(14-20)8-12-18/h1-4,7-8,11-12,15,17H,5-6,9-10H2/t15-,17-. The van der Waals surface area contributed by atoms with E-state index in [-0.39, 0.29) is 0 Å². The van der Waals surface area contributed by atoms with E-state index >= 15 is 0 Å². The second-order valence-corrected chi connectivity index (χ2v) is 5.22. The molecule has 0 heterocycles. The Morgan fingerprint density at radius 2 is 1.65 bits per heavy atom. The third kappa shape index (κ3) is 3.84. The minimum atomic E-state index is 0.627. The summed E-state index contributed by atoms with van der Waals surface area (Å²) in [6.45, 7) is 0. The first-order valence-electron chi connectivity index (χ1n) is 7.06. The highest BCUT2D eigenvalue weighted by atomic mass is 14.3. The van der Waals surface area contributed by atoms with Crippen molar-refractivity contribution >= 4 is 0 Å². The summed E-state index contributed by atoms with van der Waals surface area (Å²) in [5, 5.41) is 17.2. The number of rotatable bonds is 3. The van der Waals surface area contributed by atoms with Crippen molar-refractivity contribution in [3.63, 3.8) is 0 Å². The van der Waals surface area contributed by atoms with Crippen LogP contribution in [0.1, 0.15) is 42.7 Å². The Bertz CT molecular complexity index is 559. The molecule has 20 heavy (non-hydrogen) atoms. The maximum atomic E-state index is 8.81. The largest absolute Gasteiger partial charge is 0.193 e. The van der Waals surface area contributed by atoms with Gasteiger partial charge in [-0.3, -0.25) is 0 Å². The second-order valence-electron chi connectivity index (χ2n) is 5.22. The lowest BCUT2D eigenvalue weighted by Gasteiger charge is -2.27. The first kappa shape index (κ1) is 14.1. The van der Waals surface area contributed by atoms with Crippen LogP contribution in [0.25, 0.3) is 0 Å². The van der Waals surface area contributed by atoms with Gasteiger partial charge < -0.3 is 0 Å². The Morgan fingerprint density at radius 1 is 0.950 bits per heavy atom. The van der Waals surface area contributed by atoms with Crippen LogP contribution in [-0.2, 0) is 0 Å². The molecule has 1 aromatic carbocycles. The molecule has 1 aliphatic carbocycles. The first-order valence-corrected chi connectivity index (χ1v) is 7.06. The molecule has 1 aromatic rings. The molecule has 0 radical (unpaired) electrons. The van der Waals surface area contributed by atoms with Gasteiger partial charge in [-0.05, 0) is 55.2 Å². The SMILES string of the molecule is N#CC=CC=C[C@H]1CC[C@H](c2ccc(C#N)cc2)CC1. The van der Waals surface area contributed by atoms with E-state index in [4.69, 9.17) is 10.5 Å². The van der Waals surface area contributed by atoms with Crippen LogP contribution in [0, 0.1) is 28.6 Å². The topological polar surface area (TPSA) is 47.6 Å². The molecule has 0 aliphatic heterocycles. The number of allylic oxidation sites excluding steroid dienone is 4. The molecule has 0 unspecified atom stereocenters. The Morgan fingerprint density at radius 3 is 2.25 bits per heavy atom. The van der Waals surface area contributed by atoms with Crippen LogP contribution in [0.15, 0.2) is 48.6 Å². The van der Waals surface area contributed by atoms with Crippen LogP contribution in [-0.4, -0.2) is 0 Å². The van der Waals surface area contributed by atoms with Gasteiger partial charge >= 0.3 is 0 Å². The Hall–Kier alpha value is -2.32. The predicted octanol–water partition coefficient (Wildman–Crippen LogP) is 4.47. The molecule has 0 amide bonds. The summed E-state index contributed by atoms with van der Waals surface area (Å²) in [7, 11) is 0. The van der Waals surface area contributed by atoms with Gasteiger partial charge in [0.2, 0.25) is 0 Å². The van der Waals surface area contributed by atoms with Gasteiger partial charge in [0, 0.05) is 6.08 Å². The lowest BCUT2D eigenvalue weighted by atomic mass is 9.78. The smallest absolute Gasteiger partial charge is 0.0991 e. The van der Waals surface area contributed by atoms with Gasteiger partial charge in [-0.25, -0.2) is 0 Å². The molecule has 0 saturated heterocycles. The molecular weight excluding hydrogens is 244 g/mol. The summed E-state index contributed by atoms with van der Waals surface area (Å²) in [5.74, 6) is 1.26. The number of hydrogen-bond acceptors (Lipinski definition) is 2. The molecule has 0 aromatic heterocycles. The van der Waals surface area contributed by atoms with Gasteiger partial charge in [0.15, 0.2) is 0 Å². The summed E-state index contributed by atoms with van der Waals surface area (Å²) in [5.41, 5.74) is 2.09. The number of benzene rings is 1. The Labute approximate surface area is 120 Å². The number of nitrogens with zero attached hydrogens (tertiary/aromatic N) is 2. The van der Waals surface area contributed by atoms with E-state index in [1.807, 2.05) is 24.3 Å². The van der Waals surface area contributed by atoms with Crippen molar-refractivity contribution in [3.05, 3.63) is 59.7 Å². The third-order valence-corrected chi connectivity index (χ3v) is 3.95. The van der Waals surface area contributed by atoms with E-state index in [1.54, 1.807) is 6.08 Å². The van der Waals surface area contributed by atoms with Crippen molar-refractivity contribution in [1.82, 2.24) is 0 Å². The maximum absolute atomic E-state index is 8.81. The van der Waals surface area contributed by atoms with Gasteiger partial charge in [-0.2, -0.15) is 10.5 Å². The highest BCUT2D eigenvalue weighted by Crippen LogP contribution is 2.36. The predicted molar refractivity (Wildman–Crippen MR) is 79.7 cm³/mol. The molecule has 0 N–H and O–H groups in total. The van der Waals surface area contributed by atoms with Gasteiger partial charge in [0.25, 0.3) is 0 Å². The van der Waals surface area contributed by atoms with Crippen LogP contribution in [0.3, 0.4) is 0 Å². The minimum absolute atomic E-state index is 0.627. The van der Waals surface area contributed by atoms with Gasteiger partial charge in [0.05, 0.1) is 17.7 Å².